The number of carbonyl (C=O) groups is 8. The molecule has 0 spiro atoms. The summed E-state index contributed by atoms with van der Waals surface area (Å²) >= 11 is 6.03. The largest absolute Gasteiger partial charge is 0.356 e. The van der Waals surface area contributed by atoms with Crippen molar-refractivity contribution in [3.63, 3.8) is 0 Å². The molecule has 0 radical (unpaired) electrons. The van der Waals surface area contributed by atoms with Crippen molar-refractivity contribution in [1.29, 1.82) is 0 Å². The molecule has 4 atom stereocenters. The van der Waals surface area contributed by atoms with Gasteiger partial charge < -0.3 is 47.5 Å². The van der Waals surface area contributed by atoms with Gasteiger partial charge in [-0.05, 0) is 43.9 Å². The zero-order valence-corrected chi connectivity index (χ0v) is 29.7. The van der Waals surface area contributed by atoms with Crippen molar-refractivity contribution < 1.29 is 38.4 Å². The molecule has 1 aromatic carbocycles. The van der Waals surface area contributed by atoms with Gasteiger partial charge in [-0.2, -0.15) is 0 Å². The van der Waals surface area contributed by atoms with E-state index < -0.39 is 90.9 Å². The fourth-order valence-electron chi connectivity index (χ4n) is 5.02. The molecule has 3 rings (SSSR count). The van der Waals surface area contributed by atoms with Crippen molar-refractivity contribution in [2.45, 2.75) is 76.5 Å². The third kappa shape index (κ3) is 14.8. The van der Waals surface area contributed by atoms with Gasteiger partial charge in [0.2, 0.25) is 47.3 Å². The summed E-state index contributed by atoms with van der Waals surface area (Å²) in [7, 11) is 0. The van der Waals surface area contributed by atoms with Crippen molar-refractivity contribution in [3.05, 3.63) is 53.1 Å². The van der Waals surface area contributed by atoms with Crippen LogP contribution in [0.4, 0.5) is 0 Å². The van der Waals surface area contributed by atoms with Crippen LogP contribution in [0, 0.1) is 0 Å². The smallest absolute Gasteiger partial charge is 0.243 e. The van der Waals surface area contributed by atoms with Gasteiger partial charge in [-0.25, -0.2) is 4.98 Å². The molecule has 18 nitrogen and oxygen atoms in total. The van der Waals surface area contributed by atoms with E-state index in [1.54, 1.807) is 24.3 Å². The highest BCUT2D eigenvalue weighted by molar-refractivity contribution is 6.30. The van der Waals surface area contributed by atoms with Gasteiger partial charge in [-0.1, -0.05) is 23.7 Å². The molecule has 9 N–H and O–H groups in total. The van der Waals surface area contributed by atoms with E-state index in [4.69, 9.17) is 11.6 Å². The summed E-state index contributed by atoms with van der Waals surface area (Å²) in [5, 5.41) is 20.9. The Labute approximate surface area is 305 Å². The SMILES string of the molecule is CC(=O)NCC(=O)N[C@H]1CC(=O)NCCCCCNC(=O)[C@H](C)NC(=O)CNC(=O)[C@@H](Cc2ccc(Cl)cc2)NC(=O)[C@H](Cc2cnc[nH]2)NC1=O. The lowest BCUT2D eigenvalue weighted by Gasteiger charge is -2.25. The maximum absolute atomic E-state index is 13.9. The van der Waals surface area contributed by atoms with Crippen LogP contribution in [0.1, 0.15) is 50.8 Å². The summed E-state index contributed by atoms with van der Waals surface area (Å²) in [4.78, 5) is 110. The number of carbonyl (C=O) groups excluding carboxylic acids is 8. The summed E-state index contributed by atoms with van der Waals surface area (Å²) in [6, 6.07) is 1.56. The van der Waals surface area contributed by atoms with Gasteiger partial charge in [-0.15, -0.1) is 0 Å². The van der Waals surface area contributed by atoms with Gasteiger partial charge in [0.15, 0.2) is 0 Å². The Hall–Kier alpha value is -5.52. The molecule has 0 bridgehead atoms. The number of hydrogen-bond acceptors (Lipinski definition) is 9. The summed E-state index contributed by atoms with van der Waals surface area (Å²) in [5.74, 6) is -5.30. The number of hydrogen-bond donors (Lipinski definition) is 9. The van der Waals surface area contributed by atoms with E-state index in [0.717, 1.165) is 0 Å². The topological polar surface area (TPSA) is 261 Å². The molecule has 1 aliphatic rings. The van der Waals surface area contributed by atoms with E-state index in [9.17, 15) is 38.4 Å². The lowest BCUT2D eigenvalue weighted by molar-refractivity contribution is -0.135. The number of H-pyrrole nitrogens is 1. The Bertz CT molecular complexity index is 1570. The van der Waals surface area contributed by atoms with Gasteiger partial charge in [0.1, 0.15) is 24.2 Å². The Balaban J connectivity index is 1.91. The maximum atomic E-state index is 13.9. The minimum Gasteiger partial charge on any atom is -0.356 e. The molecule has 282 valence electrons. The second kappa shape index (κ2) is 21.0. The minimum atomic E-state index is -1.45. The monoisotopic (exact) mass is 744 g/mol. The molecule has 1 aliphatic heterocycles. The molecule has 2 aromatic rings. The number of imidazole rings is 1. The number of nitrogens with one attached hydrogen (secondary N) is 9. The van der Waals surface area contributed by atoms with Crippen molar-refractivity contribution >= 4 is 58.9 Å². The van der Waals surface area contributed by atoms with E-state index in [-0.39, 0.29) is 19.4 Å². The summed E-state index contributed by atoms with van der Waals surface area (Å²) in [6.45, 7) is 2.30. The van der Waals surface area contributed by atoms with E-state index in [2.05, 4.69) is 52.5 Å². The number of halogens is 1. The first-order valence-corrected chi connectivity index (χ1v) is 17.2. The molecule has 1 fully saturated rings. The predicted octanol–water partition coefficient (Wildman–Crippen LogP) is -2.13. The van der Waals surface area contributed by atoms with Crippen molar-refractivity contribution in [3.8, 4) is 0 Å². The highest BCUT2D eigenvalue weighted by atomic mass is 35.5. The molecule has 0 saturated carbocycles. The van der Waals surface area contributed by atoms with Crippen LogP contribution < -0.4 is 42.5 Å². The van der Waals surface area contributed by atoms with Crippen LogP contribution >= 0.6 is 11.6 Å². The molecule has 19 heteroatoms. The van der Waals surface area contributed by atoms with E-state index >= 15 is 0 Å². The third-order valence-corrected chi connectivity index (χ3v) is 8.06. The normalized spacial score (nSPS) is 22.0. The van der Waals surface area contributed by atoms with Crippen LogP contribution in [-0.4, -0.2) is 108 Å². The first-order valence-electron chi connectivity index (χ1n) is 16.8. The maximum Gasteiger partial charge on any atom is 0.243 e. The van der Waals surface area contributed by atoms with Crippen molar-refractivity contribution in [1.82, 2.24) is 52.5 Å². The average molecular weight is 745 g/mol. The molecule has 1 aromatic heterocycles. The predicted molar refractivity (Wildman–Crippen MR) is 187 cm³/mol. The fraction of sp³-hybridized carbons (Fsp3) is 0.485. The molecule has 52 heavy (non-hydrogen) atoms. The van der Waals surface area contributed by atoms with Gasteiger partial charge >= 0.3 is 0 Å². The van der Waals surface area contributed by atoms with E-state index in [0.29, 0.717) is 42.1 Å². The quantitative estimate of drug-likeness (QED) is 0.150. The standard InChI is InChI=1S/C33H45ClN10O8/c1-19-30(49)37-11-5-3-4-10-36-27(46)14-26(42-29(48)16-38-20(2)45)33(52)44-25(13-23-15-35-18-40-23)32(51)43-24(31(50)39-17-28(47)41-19)12-21-6-8-22(34)9-7-21/h6-9,15,18-19,24-26H,3-5,10-14,16-17H2,1-2H3,(H,35,40)(H,36,46)(H,37,49)(H,38,45)(H,39,50)(H,41,47)(H,42,48)(H,43,51)(H,44,52)/t19-,24+,25-,26-/m0/s1. The van der Waals surface area contributed by atoms with Crippen LogP contribution in [-0.2, 0) is 51.2 Å². The Morgan fingerprint density at radius 3 is 2.15 bits per heavy atom. The minimum absolute atomic E-state index is 0.0398. The van der Waals surface area contributed by atoms with Crippen LogP contribution in [0.2, 0.25) is 5.02 Å². The second-order valence-electron chi connectivity index (χ2n) is 12.2. The third-order valence-electron chi connectivity index (χ3n) is 7.81. The lowest BCUT2D eigenvalue weighted by Crippen LogP contribution is -2.59. The zero-order valence-electron chi connectivity index (χ0n) is 28.9. The molecule has 8 amide bonds. The molecule has 2 heterocycles. The number of aromatic amines is 1. The summed E-state index contributed by atoms with van der Waals surface area (Å²) < 4.78 is 0. The molecule has 0 unspecified atom stereocenters. The van der Waals surface area contributed by atoms with Crippen molar-refractivity contribution in [2.24, 2.45) is 0 Å². The number of aromatic nitrogens is 2. The molecular formula is C33H45ClN10O8. The van der Waals surface area contributed by atoms with Crippen LogP contribution in [0.5, 0.6) is 0 Å². The van der Waals surface area contributed by atoms with Crippen LogP contribution in [0.15, 0.2) is 36.8 Å². The average Bonchev–Trinajstić information content (AvgIpc) is 3.62. The summed E-state index contributed by atoms with van der Waals surface area (Å²) in [5.41, 5.74) is 1.05. The van der Waals surface area contributed by atoms with Gasteiger partial charge in [-0.3, -0.25) is 38.4 Å². The highest BCUT2D eigenvalue weighted by Gasteiger charge is 2.32. The van der Waals surface area contributed by atoms with Gasteiger partial charge in [0.25, 0.3) is 0 Å². The summed E-state index contributed by atoms with van der Waals surface area (Å²) in [6.07, 6.45) is 3.89. The number of nitrogens with zero attached hydrogens (tertiary/aromatic N) is 1. The first-order chi connectivity index (χ1) is 24.8. The van der Waals surface area contributed by atoms with Gasteiger partial charge in [0.05, 0.1) is 25.8 Å². The number of amides is 8. The molecule has 1 saturated heterocycles. The Morgan fingerprint density at radius 1 is 0.808 bits per heavy atom. The van der Waals surface area contributed by atoms with E-state index in [1.807, 2.05) is 0 Å². The Kier molecular flexibility index (Phi) is 16.5. The van der Waals surface area contributed by atoms with Crippen LogP contribution in [0.3, 0.4) is 0 Å². The van der Waals surface area contributed by atoms with E-state index in [1.165, 1.54) is 26.4 Å². The fourth-order valence-corrected chi connectivity index (χ4v) is 5.15. The number of rotatable bonds is 7. The van der Waals surface area contributed by atoms with Gasteiger partial charge in [0, 0.05) is 49.8 Å². The molecular weight excluding hydrogens is 700 g/mol. The van der Waals surface area contributed by atoms with Crippen LogP contribution in [0.25, 0.3) is 0 Å². The van der Waals surface area contributed by atoms with Crippen molar-refractivity contribution in [2.75, 3.05) is 26.2 Å². The Morgan fingerprint density at radius 2 is 1.48 bits per heavy atom. The number of benzene rings is 1. The molecule has 0 aliphatic carbocycles. The first kappa shape index (κ1) is 40.9. The lowest BCUT2D eigenvalue weighted by atomic mass is 10.0. The zero-order chi connectivity index (χ0) is 38.0. The second-order valence-corrected chi connectivity index (χ2v) is 12.6. The highest BCUT2D eigenvalue weighted by Crippen LogP contribution is 2.12.